The molecule has 0 aliphatic carbocycles. The predicted molar refractivity (Wildman–Crippen MR) is 77.4 cm³/mol. The fourth-order valence-electron chi connectivity index (χ4n) is 1.74. The van der Waals surface area contributed by atoms with E-state index in [1.54, 1.807) is 10.9 Å². The molecule has 3 rings (SSSR count). The lowest BCUT2D eigenvalue weighted by Gasteiger charge is -2.05. The second-order valence-electron chi connectivity index (χ2n) is 4.00. The number of aryl methyl sites for hydroxylation is 1. The number of rotatable bonds is 3. The van der Waals surface area contributed by atoms with E-state index in [0.29, 0.717) is 24.0 Å². The van der Waals surface area contributed by atoms with Crippen LogP contribution in [-0.2, 0) is 13.6 Å². The zero-order valence-corrected chi connectivity index (χ0v) is 11.7. The van der Waals surface area contributed by atoms with Crippen molar-refractivity contribution < 1.29 is 0 Å². The summed E-state index contributed by atoms with van der Waals surface area (Å²) in [6.07, 6.45) is 1.66. The van der Waals surface area contributed by atoms with Crippen molar-refractivity contribution in [1.82, 2.24) is 19.7 Å². The fourth-order valence-corrected chi connectivity index (χ4v) is 2.76. The van der Waals surface area contributed by atoms with Crippen LogP contribution in [0.4, 0.5) is 11.8 Å². The van der Waals surface area contributed by atoms with E-state index in [-0.39, 0.29) is 0 Å². The molecule has 0 aromatic carbocycles. The van der Waals surface area contributed by atoms with Crippen molar-refractivity contribution >= 4 is 45.7 Å². The number of hydrogen-bond donors (Lipinski definition) is 2. The molecule has 6 nitrogen and oxygen atoms in total. The van der Waals surface area contributed by atoms with Crippen LogP contribution < -0.4 is 11.1 Å². The molecule has 0 bridgehead atoms. The van der Waals surface area contributed by atoms with Crippen molar-refractivity contribution in [2.75, 3.05) is 11.1 Å². The maximum Gasteiger partial charge on any atom is 0.227 e. The normalized spacial score (nSPS) is 11.1. The summed E-state index contributed by atoms with van der Waals surface area (Å²) < 4.78 is 2.43. The number of nitrogen functional groups attached to an aromatic ring is 1. The summed E-state index contributed by atoms with van der Waals surface area (Å²) in [5.41, 5.74) is 6.59. The van der Waals surface area contributed by atoms with E-state index < -0.39 is 0 Å². The minimum absolute atomic E-state index is 0.421. The van der Waals surface area contributed by atoms with Crippen LogP contribution in [0.15, 0.2) is 18.3 Å². The van der Waals surface area contributed by atoms with Gasteiger partial charge in [-0.3, -0.25) is 4.68 Å². The Balaban J connectivity index is 1.86. The molecular formula is C11H11ClN6S. The first kappa shape index (κ1) is 12.2. The van der Waals surface area contributed by atoms with E-state index in [4.69, 9.17) is 17.3 Å². The minimum atomic E-state index is 0.421. The number of halogens is 1. The standard InChI is InChI=1S/C11H11ClN6S/c1-18-10-7(5-15-18)9(13)16-11(17-10)14-4-6-2-3-8(12)19-6/h2-3,5H,4H2,1H3,(H3,13,14,16,17). The number of anilines is 2. The number of fused-ring (bicyclic) bond motifs is 1. The highest BCUT2D eigenvalue weighted by molar-refractivity contribution is 7.16. The molecule has 8 heteroatoms. The maximum absolute atomic E-state index is 5.88. The Kier molecular flexibility index (Phi) is 3.00. The molecule has 0 unspecified atom stereocenters. The first-order valence-corrected chi connectivity index (χ1v) is 6.76. The summed E-state index contributed by atoms with van der Waals surface area (Å²) in [7, 11) is 1.82. The summed E-state index contributed by atoms with van der Waals surface area (Å²) in [5.74, 6) is 0.905. The molecule has 0 spiro atoms. The van der Waals surface area contributed by atoms with Gasteiger partial charge in [-0.2, -0.15) is 15.1 Å². The molecular weight excluding hydrogens is 284 g/mol. The Morgan fingerprint density at radius 2 is 2.26 bits per heavy atom. The van der Waals surface area contributed by atoms with E-state index in [2.05, 4.69) is 20.4 Å². The Morgan fingerprint density at radius 3 is 3.00 bits per heavy atom. The molecule has 0 saturated heterocycles. The Morgan fingerprint density at radius 1 is 1.42 bits per heavy atom. The summed E-state index contributed by atoms with van der Waals surface area (Å²) in [4.78, 5) is 9.71. The number of nitrogens with zero attached hydrogens (tertiary/aromatic N) is 4. The Labute approximate surface area is 118 Å². The van der Waals surface area contributed by atoms with Crippen molar-refractivity contribution in [1.29, 1.82) is 0 Å². The van der Waals surface area contributed by atoms with Gasteiger partial charge in [0.15, 0.2) is 5.65 Å². The van der Waals surface area contributed by atoms with E-state index in [1.807, 2.05) is 19.2 Å². The molecule has 3 N–H and O–H groups in total. The van der Waals surface area contributed by atoms with Gasteiger partial charge in [0.25, 0.3) is 0 Å². The molecule has 0 fully saturated rings. The summed E-state index contributed by atoms with van der Waals surface area (Å²) in [6, 6.07) is 3.83. The smallest absolute Gasteiger partial charge is 0.227 e. The average molecular weight is 295 g/mol. The summed E-state index contributed by atoms with van der Waals surface area (Å²) >= 11 is 7.40. The van der Waals surface area contributed by atoms with Gasteiger partial charge in [-0.15, -0.1) is 11.3 Å². The topological polar surface area (TPSA) is 81.7 Å². The van der Waals surface area contributed by atoms with E-state index >= 15 is 0 Å². The number of aromatic nitrogens is 4. The quantitative estimate of drug-likeness (QED) is 0.774. The van der Waals surface area contributed by atoms with Crippen LogP contribution in [-0.4, -0.2) is 19.7 Å². The van der Waals surface area contributed by atoms with Gasteiger partial charge in [-0.25, -0.2) is 0 Å². The molecule has 19 heavy (non-hydrogen) atoms. The second kappa shape index (κ2) is 4.67. The van der Waals surface area contributed by atoms with Crippen molar-refractivity contribution in [3.05, 3.63) is 27.5 Å². The third kappa shape index (κ3) is 2.34. The van der Waals surface area contributed by atoms with Crippen molar-refractivity contribution in [3.63, 3.8) is 0 Å². The lowest BCUT2D eigenvalue weighted by molar-refractivity contribution is 0.785. The molecule has 0 aliphatic rings. The molecule has 3 aromatic rings. The van der Waals surface area contributed by atoms with Crippen molar-refractivity contribution in [3.8, 4) is 0 Å². The van der Waals surface area contributed by atoms with Gasteiger partial charge in [-0.05, 0) is 12.1 Å². The Hall–Kier alpha value is -1.86. The van der Waals surface area contributed by atoms with Crippen LogP contribution in [0.25, 0.3) is 11.0 Å². The molecule has 0 aliphatic heterocycles. The third-order valence-corrected chi connectivity index (χ3v) is 3.90. The highest BCUT2D eigenvalue weighted by atomic mass is 35.5. The average Bonchev–Trinajstić information content (AvgIpc) is 2.95. The SMILES string of the molecule is Cn1ncc2c(N)nc(NCc3ccc(Cl)s3)nc21. The van der Waals surface area contributed by atoms with Crippen LogP contribution in [0.5, 0.6) is 0 Å². The molecule has 3 aromatic heterocycles. The molecule has 0 radical (unpaired) electrons. The van der Waals surface area contributed by atoms with Gasteiger partial charge in [0.05, 0.1) is 22.5 Å². The van der Waals surface area contributed by atoms with Gasteiger partial charge >= 0.3 is 0 Å². The van der Waals surface area contributed by atoms with Gasteiger partial charge in [0, 0.05) is 11.9 Å². The lowest BCUT2D eigenvalue weighted by Crippen LogP contribution is -2.05. The maximum atomic E-state index is 5.88. The van der Waals surface area contributed by atoms with Gasteiger partial charge in [0.1, 0.15) is 5.82 Å². The molecule has 0 atom stereocenters. The van der Waals surface area contributed by atoms with Crippen LogP contribution in [0.2, 0.25) is 4.34 Å². The van der Waals surface area contributed by atoms with Crippen molar-refractivity contribution in [2.24, 2.45) is 7.05 Å². The number of hydrogen-bond acceptors (Lipinski definition) is 6. The zero-order valence-electron chi connectivity index (χ0n) is 10.1. The van der Waals surface area contributed by atoms with E-state index in [9.17, 15) is 0 Å². The third-order valence-electron chi connectivity index (χ3n) is 2.67. The van der Waals surface area contributed by atoms with Gasteiger partial charge < -0.3 is 11.1 Å². The number of nitrogens with two attached hydrogens (primary N) is 1. The minimum Gasteiger partial charge on any atom is -0.383 e. The summed E-state index contributed by atoms with van der Waals surface area (Å²) in [6.45, 7) is 0.611. The van der Waals surface area contributed by atoms with E-state index in [1.165, 1.54) is 11.3 Å². The largest absolute Gasteiger partial charge is 0.383 e. The van der Waals surface area contributed by atoms with Crippen LogP contribution in [0.3, 0.4) is 0 Å². The number of thiophene rings is 1. The monoisotopic (exact) mass is 294 g/mol. The van der Waals surface area contributed by atoms with Gasteiger partial charge in [0.2, 0.25) is 5.95 Å². The zero-order chi connectivity index (χ0) is 13.4. The molecule has 0 amide bonds. The Bertz CT molecular complexity index is 734. The molecule has 0 saturated carbocycles. The van der Waals surface area contributed by atoms with Crippen LogP contribution in [0, 0.1) is 0 Å². The van der Waals surface area contributed by atoms with Crippen LogP contribution >= 0.6 is 22.9 Å². The molecule has 3 heterocycles. The highest BCUT2D eigenvalue weighted by Gasteiger charge is 2.09. The first-order valence-electron chi connectivity index (χ1n) is 5.57. The lowest BCUT2D eigenvalue weighted by atomic mass is 10.4. The fraction of sp³-hybridized carbons (Fsp3) is 0.182. The molecule has 98 valence electrons. The van der Waals surface area contributed by atoms with E-state index in [0.717, 1.165) is 14.6 Å². The number of nitrogens with one attached hydrogen (secondary N) is 1. The van der Waals surface area contributed by atoms with Crippen LogP contribution in [0.1, 0.15) is 4.88 Å². The first-order chi connectivity index (χ1) is 9.13. The predicted octanol–water partition coefficient (Wildman–Crippen LogP) is 2.27. The van der Waals surface area contributed by atoms with Gasteiger partial charge in [-0.1, -0.05) is 11.6 Å². The van der Waals surface area contributed by atoms with Crippen molar-refractivity contribution in [2.45, 2.75) is 6.54 Å². The second-order valence-corrected chi connectivity index (χ2v) is 5.80. The highest BCUT2D eigenvalue weighted by Crippen LogP contribution is 2.23. The summed E-state index contributed by atoms with van der Waals surface area (Å²) in [5, 5.41) is 8.00.